The maximum absolute atomic E-state index is 13.4. The van der Waals surface area contributed by atoms with Gasteiger partial charge in [-0.05, 0) is 46.5 Å². The molecule has 0 aromatic rings. The van der Waals surface area contributed by atoms with Crippen molar-refractivity contribution in [1.82, 2.24) is 15.5 Å². The van der Waals surface area contributed by atoms with Crippen molar-refractivity contribution in [2.24, 2.45) is 11.8 Å². The third-order valence-corrected chi connectivity index (χ3v) is 7.85. The molecular formula is C19H31N3O4S. The van der Waals surface area contributed by atoms with E-state index in [-0.39, 0.29) is 35.5 Å². The quantitative estimate of drug-likeness (QED) is 0.567. The molecule has 3 saturated heterocycles. The lowest BCUT2D eigenvalue weighted by molar-refractivity contribution is -0.140. The van der Waals surface area contributed by atoms with Gasteiger partial charge in [-0.15, -0.1) is 11.8 Å². The Morgan fingerprint density at radius 3 is 2.59 bits per heavy atom. The number of hydrogen-bond donors (Lipinski definition) is 3. The van der Waals surface area contributed by atoms with Crippen molar-refractivity contribution in [3.8, 4) is 0 Å². The van der Waals surface area contributed by atoms with E-state index in [9.17, 15) is 14.4 Å². The van der Waals surface area contributed by atoms with Gasteiger partial charge in [0.2, 0.25) is 17.7 Å². The second-order valence-electron chi connectivity index (χ2n) is 8.87. The predicted octanol–water partition coefficient (Wildman–Crippen LogP) is 0.511. The molecule has 0 radical (unpaired) electrons. The Morgan fingerprint density at radius 1 is 1.30 bits per heavy atom. The molecule has 1 spiro atoms. The number of amides is 3. The molecule has 3 N–H and O–H groups in total. The summed E-state index contributed by atoms with van der Waals surface area (Å²) in [5, 5.41) is 15.0. The Hall–Kier alpha value is -1.28. The highest BCUT2D eigenvalue weighted by molar-refractivity contribution is 8.02. The molecular weight excluding hydrogens is 366 g/mol. The summed E-state index contributed by atoms with van der Waals surface area (Å²) < 4.78 is -0.520. The standard InChI is InChI=1S/C19H31N3O4S/c1-18(2,3)21-16(25)14-19-8-7-11(27-19)12(15(24)20-4)13(19)17(26)22(14)9-5-6-10-23/h11-14,23H,5-10H2,1-4H3,(H,20,24)(H,21,25)/t11-,12+,13-,14?,19?/m0/s1. The fraction of sp³-hybridized carbons (Fsp3) is 0.842. The number of nitrogens with zero attached hydrogens (tertiary/aromatic N) is 1. The zero-order chi connectivity index (χ0) is 20.0. The fourth-order valence-electron chi connectivity index (χ4n) is 4.99. The van der Waals surface area contributed by atoms with E-state index in [4.69, 9.17) is 5.11 Å². The molecule has 3 aliphatic rings. The topological polar surface area (TPSA) is 98.7 Å². The molecule has 8 heteroatoms. The van der Waals surface area contributed by atoms with E-state index < -0.39 is 22.2 Å². The van der Waals surface area contributed by atoms with Crippen molar-refractivity contribution in [2.45, 2.75) is 68.0 Å². The van der Waals surface area contributed by atoms with Gasteiger partial charge < -0.3 is 20.6 Å². The van der Waals surface area contributed by atoms with Gasteiger partial charge in [0.15, 0.2) is 0 Å². The number of aliphatic hydroxyl groups excluding tert-OH is 1. The summed E-state index contributed by atoms with van der Waals surface area (Å²) in [5.74, 6) is -1.11. The maximum atomic E-state index is 13.4. The highest BCUT2D eigenvalue weighted by atomic mass is 32.2. The van der Waals surface area contributed by atoms with Crippen LogP contribution in [0.15, 0.2) is 0 Å². The van der Waals surface area contributed by atoms with E-state index >= 15 is 0 Å². The van der Waals surface area contributed by atoms with Crippen molar-refractivity contribution >= 4 is 29.5 Å². The molecule has 152 valence electrons. The molecule has 3 fully saturated rings. The van der Waals surface area contributed by atoms with E-state index in [0.29, 0.717) is 19.4 Å². The van der Waals surface area contributed by atoms with Crippen LogP contribution in [0.1, 0.15) is 46.5 Å². The summed E-state index contributed by atoms with van der Waals surface area (Å²) >= 11 is 1.68. The van der Waals surface area contributed by atoms with E-state index in [2.05, 4.69) is 10.6 Å². The maximum Gasteiger partial charge on any atom is 0.244 e. The first-order chi connectivity index (χ1) is 12.7. The van der Waals surface area contributed by atoms with Gasteiger partial charge in [0.1, 0.15) is 6.04 Å². The SMILES string of the molecule is CNC(=O)[C@@H]1[C@@H]2CCC3(S2)C(C(=O)NC(C)(C)C)N(CCCCO)C(=O)[C@H]13. The van der Waals surface area contributed by atoms with Crippen LogP contribution in [-0.2, 0) is 14.4 Å². The van der Waals surface area contributed by atoms with Gasteiger partial charge in [-0.25, -0.2) is 0 Å². The van der Waals surface area contributed by atoms with Crippen molar-refractivity contribution in [3.63, 3.8) is 0 Å². The van der Waals surface area contributed by atoms with Crippen LogP contribution in [0.5, 0.6) is 0 Å². The lowest BCUT2D eigenvalue weighted by Gasteiger charge is -2.36. The molecule has 2 bridgehead atoms. The summed E-state index contributed by atoms with van der Waals surface area (Å²) in [4.78, 5) is 40.8. The summed E-state index contributed by atoms with van der Waals surface area (Å²) in [6.45, 7) is 6.29. The van der Waals surface area contributed by atoms with Crippen molar-refractivity contribution in [2.75, 3.05) is 20.2 Å². The van der Waals surface area contributed by atoms with Gasteiger partial charge in [-0.1, -0.05) is 0 Å². The second kappa shape index (κ2) is 7.28. The van der Waals surface area contributed by atoms with Crippen LogP contribution in [0.3, 0.4) is 0 Å². The Kier molecular flexibility index (Phi) is 5.51. The van der Waals surface area contributed by atoms with Crippen molar-refractivity contribution < 1.29 is 19.5 Å². The lowest BCUT2D eigenvalue weighted by Crippen LogP contribution is -2.57. The monoisotopic (exact) mass is 397 g/mol. The van der Waals surface area contributed by atoms with Gasteiger partial charge in [0.25, 0.3) is 0 Å². The number of aliphatic hydroxyl groups is 1. The van der Waals surface area contributed by atoms with Gasteiger partial charge in [-0.2, -0.15) is 0 Å². The third kappa shape index (κ3) is 3.35. The number of rotatable bonds is 6. The van der Waals surface area contributed by atoms with Crippen LogP contribution >= 0.6 is 11.8 Å². The molecule has 3 heterocycles. The minimum absolute atomic E-state index is 0.0626. The number of carbonyl (C=O) groups is 3. The van der Waals surface area contributed by atoms with Gasteiger partial charge in [-0.3, -0.25) is 14.4 Å². The van der Waals surface area contributed by atoms with E-state index in [0.717, 1.165) is 12.8 Å². The van der Waals surface area contributed by atoms with Crippen LogP contribution in [0.25, 0.3) is 0 Å². The van der Waals surface area contributed by atoms with Gasteiger partial charge >= 0.3 is 0 Å². The summed E-state index contributed by atoms with van der Waals surface area (Å²) in [6, 6.07) is -0.558. The molecule has 27 heavy (non-hydrogen) atoms. The van der Waals surface area contributed by atoms with Gasteiger partial charge in [0, 0.05) is 31.0 Å². The largest absolute Gasteiger partial charge is 0.396 e. The van der Waals surface area contributed by atoms with Crippen LogP contribution in [0.4, 0.5) is 0 Å². The number of likely N-dealkylation sites (tertiary alicyclic amines) is 1. The highest BCUT2D eigenvalue weighted by Gasteiger charge is 2.73. The fourth-order valence-corrected chi connectivity index (χ4v) is 7.21. The first kappa shape index (κ1) is 20.5. The molecule has 5 atom stereocenters. The van der Waals surface area contributed by atoms with E-state index in [1.807, 2.05) is 20.8 Å². The zero-order valence-corrected chi connectivity index (χ0v) is 17.4. The molecule has 3 aliphatic heterocycles. The number of nitrogens with one attached hydrogen (secondary N) is 2. The number of unbranched alkanes of at least 4 members (excludes halogenated alkanes) is 1. The van der Waals surface area contributed by atoms with E-state index in [1.54, 1.807) is 23.7 Å². The summed E-state index contributed by atoms with van der Waals surface area (Å²) in [7, 11) is 1.61. The average molecular weight is 398 g/mol. The Morgan fingerprint density at radius 2 is 2.00 bits per heavy atom. The Bertz CT molecular complexity index is 635. The first-order valence-electron chi connectivity index (χ1n) is 9.79. The Balaban J connectivity index is 1.96. The molecule has 3 amide bonds. The Labute approximate surface area is 165 Å². The second-order valence-corrected chi connectivity index (χ2v) is 10.5. The molecule has 2 unspecified atom stereocenters. The van der Waals surface area contributed by atoms with Crippen LogP contribution in [0.2, 0.25) is 0 Å². The molecule has 3 rings (SSSR count). The summed E-state index contributed by atoms with van der Waals surface area (Å²) in [5.41, 5.74) is -0.396. The number of carbonyl (C=O) groups excluding carboxylic acids is 3. The van der Waals surface area contributed by atoms with Gasteiger partial charge in [0.05, 0.1) is 16.6 Å². The van der Waals surface area contributed by atoms with Crippen molar-refractivity contribution in [3.05, 3.63) is 0 Å². The zero-order valence-electron chi connectivity index (χ0n) is 16.6. The molecule has 0 aromatic carbocycles. The number of fused-ring (bicyclic) bond motifs is 1. The first-order valence-corrected chi connectivity index (χ1v) is 10.7. The minimum Gasteiger partial charge on any atom is -0.396 e. The van der Waals surface area contributed by atoms with Crippen molar-refractivity contribution in [1.29, 1.82) is 0 Å². The number of thioether (sulfide) groups is 1. The average Bonchev–Trinajstić information content (AvgIpc) is 3.21. The normalized spacial score (nSPS) is 34.7. The molecule has 0 aliphatic carbocycles. The van der Waals surface area contributed by atoms with E-state index in [1.165, 1.54) is 0 Å². The molecule has 0 aromatic heterocycles. The van der Waals surface area contributed by atoms with Crippen LogP contribution < -0.4 is 10.6 Å². The summed E-state index contributed by atoms with van der Waals surface area (Å²) in [6.07, 6.45) is 2.87. The highest BCUT2D eigenvalue weighted by Crippen LogP contribution is 2.66. The smallest absolute Gasteiger partial charge is 0.244 e. The minimum atomic E-state index is -0.558. The number of hydrogen-bond acceptors (Lipinski definition) is 5. The lowest BCUT2D eigenvalue weighted by atomic mass is 9.70. The third-order valence-electron chi connectivity index (χ3n) is 5.90. The molecule has 0 saturated carbocycles. The predicted molar refractivity (Wildman–Crippen MR) is 104 cm³/mol. The van der Waals surface area contributed by atoms with Crippen LogP contribution in [-0.4, -0.2) is 69.5 Å². The van der Waals surface area contributed by atoms with Crippen LogP contribution in [0, 0.1) is 11.8 Å². The molecule has 7 nitrogen and oxygen atoms in total.